The first-order chi connectivity index (χ1) is 15.6. The highest BCUT2D eigenvalue weighted by atomic mass is 15.1. The van der Waals surface area contributed by atoms with Crippen LogP contribution in [0.15, 0.2) is 24.5 Å². The van der Waals surface area contributed by atoms with Crippen LogP contribution in [0.5, 0.6) is 0 Å². The molecule has 3 fully saturated rings. The van der Waals surface area contributed by atoms with Crippen LogP contribution < -0.4 is 15.8 Å². The second-order valence-electron chi connectivity index (χ2n) is 10.4. The summed E-state index contributed by atoms with van der Waals surface area (Å²) in [7, 11) is 2.21. The molecule has 0 atom stereocenters. The molecule has 0 aromatic carbocycles. The minimum absolute atomic E-state index is 0.535. The van der Waals surface area contributed by atoms with E-state index >= 15 is 0 Å². The van der Waals surface area contributed by atoms with Gasteiger partial charge < -0.3 is 15.1 Å². The molecule has 1 aliphatic carbocycles. The Balaban J connectivity index is 1.47. The number of pyridine rings is 1. The van der Waals surface area contributed by atoms with Crippen LogP contribution >= 0.6 is 0 Å². The van der Waals surface area contributed by atoms with E-state index in [0.29, 0.717) is 12.0 Å². The number of nitrogens with zero attached hydrogens (tertiary/aromatic N) is 3. The van der Waals surface area contributed by atoms with Gasteiger partial charge in [-0.25, -0.2) is 0 Å². The van der Waals surface area contributed by atoms with Crippen LogP contribution in [0, 0.1) is 5.92 Å². The molecule has 32 heavy (non-hydrogen) atoms. The van der Waals surface area contributed by atoms with Crippen molar-refractivity contribution in [3.8, 4) is 0 Å². The van der Waals surface area contributed by atoms with Gasteiger partial charge in [0.15, 0.2) is 0 Å². The summed E-state index contributed by atoms with van der Waals surface area (Å²) in [5.74, 6) is 1.51. The molecule has 176 valence electrons. The molecule has 1 aromatic rings. The van der Waals surface area contributed by atoms with Crippen molar-refractivity contribution in [1.29, 1.82) is 0 Å². The fraction of sp³-hybridized carbons (Fsp3) is 0.679. The minimum Gasteiger partial charge on any atom is -0.383 e. The van der Waals surface area contributed by atoms with E-state index in [-0.39, 0.29) is 0 Å². The molecule has 4 heteroatoms. The monoisotopic (exact) mass is 436 g/mol. The maximum atomic E-state index is 4.94. The van der Waals surface area contributed by atoms with Crippen molar-refractivity contribution in [3.05, 3.63) is 40.7 Å². The van der Waals surface area contributed by atoms with Crippen molar-refractivity contribution in [2.45, 2.75) is 76.7 Å². The molecule has 3 heterocycles. The Morgan fingerprint density at radius 2 is 1.81 bits per heavy atom. The Kier molecular flexibility index (Phi) is 8.43. The van der Waals surface area contributed by atoms with Gasteiger partial charge in [-0.2, -0.15) is 0 Å². The second-order valence-corrected chi connectivity index (χ2v) is 10.4. The van der Waals surface area contributed by atoms with Crippen LogP contribution in [-0.4, -0.2) is 60.6 Å². The predicted octanol–water partition coefficient (Wildman–Crippen LogP) is 3.62. The highest BCUT2D eigenvalue weighted by Gasteiger charge is 2.25. The van der Waals surface area contributed by atoms with E-state index in [1.165, 1.54) is 87.1 Å². The number of piperidine rings is 2. The Hall–Kier alpha value is -1.65. The standard InChI is InChI=1S/C28H44N4/c1-4-7-24-10-15-29-28(25-11-18-32(19-12-25)21-23-8-5-6-9-23)27(24)20-22(2)30-26-13-16-31(3)17-14-26/h7,10,15,20,23,25-26,30H,2,4-6,8-9,11-14,16-19,21H2,1,3H3/b24-7-,27-20+. The molecule has 1 aromatic heterocycles. The summed E-state index contributed by atoms with van der Waals surface area (Å²) < 4.78 is 0. The summed E-state index contributed by atoms with van der Waals surface area (Å²) in [6.07, 6.45) is 18.3. The second kappa shape index (κ2) is 11.5. The summed E-state index contributed by atoms with van der Waals surface area (Å²) in [4.78, 5) is 10.1. The summed E-state index contributed by atoms with van der Waals surface area (Å²) in [5, 5.41) is 6.33. The van der Waals surface area contributed by atoms with Gasteiger partial charge in [-0.1, -0.05) is 32.4 Å². The van der Waals surface area contributed by atoms with Gasteiger partial charge in [-0.05, 0) is 101 Å². The number of rotatable bonds is 7. The average Bonchev–Trinajstić information content (AvgIpc) is 3.30. The third kappa shape index (κ3) is 6.23. The van der Waals surface area contributed by atoms with Crippen LogP contribution in [0.2, 0.25) is 0 Å². The molecule has 0 bridgehead atoms. The van der Waals surface area contributed by atoms with Gasteiger partial charge >= 0.3 is 0 Å². The van der Waals surface area contributed by atoms with Gasteiger partial charge in [0.1, 0.15) is 0 Å². The molecule has 3 aliphatic rings. The lowest BCUT2D eigenvalue weighted by molar-refractivity contribution is 0.182. The van der Waals surface area contributed by atoms with Crippen LogP contribution in [0.3, 0.4) is 0 Å². The summed E-state index contributed by atoms with van der Waals surface area (Å²) in [6.45, 7) is 12.7. The molecule has 0 unspecified atom stereocenters. The van der Waals surface area contributed by atoms with Crippen LogP contribution in [0.1, 0.15) is 76.3 Å². The third-order valence-corrected chi connectivity index (χ3v) is 7.87. The largest absolute Gasteiger partial charge is 0.383 e. The first-order valence-corrected chi connectivity index (χ1v) is 13.2. The maximum absolute atomic E-state index is 4.94. The summed E-state index contributed by atoms with van der Waals surface area (Å²) in [5.41, 5.74) is 2.33. The van der Waals surface area contributed by atoms with Gasteiger partial charge in [0.25, 0.3) is 0 Å². The molecular formula is C28H44N4. The zero-order chi connectivity index (χ0) is 22.3. The third-order valence-electron chi connectivity index (χ3n) is 7.87. The van der Waals surface area contributed by atoms with E-state index in [9.17, 15) is 0 Å². The SMILES string of the molecule is C=C(/C=c1/c(C2CCN(CC3CCCC3)CC2)ncc/c1=C/CC)NC1CCN(C)CC1. The van der Waals surface area contributed by atoms with Crippen LogP contribution in [0.25, 0.3) is 12.2 Å². The first-order valence-electron chi connectivity index (χ1n) is 13.2. The van der Waals surface area contributed by atoms with Crippen molar-refractivity contribution in [2.24, 2.45) is 5.92 Å². The molecule has 0 amide bonds. The van der Waals surface area contributed by atoms with E-state index in [2.05, 4.69) is 53.9 Å². The lowest BCUT2D eigenvalue weighted by Crippen LogP contribution is -2.41. The minimum atomic E-state index is 0.535. The normalized spacial score (nSPS) is 23.8. The lowest BCUT2D eigenvalue weighted by atomic mass is 9.90. The Morgan fingerprint density at radius 1 is 1.09 bits per heavy atom. The quantitative estimate of drug-likeness (QED) is 0.707. The van der Waals surface area contributed by atoms with Crippen molar-refractivity contribution in [1.82, 2.24) is 20.1 Å². The molecule has 2 saturated heterocycles. The Bertz CT molecular complexity index is 854. The fourth-order valence-corrected chi connectivity index (χ4v) is 5.96. The topological polar surface area (TPSA) is 31.4 Å². The van der Waals surface area contributed by atoms with E-state index < -0.39 is 0 Å². The van der Waals surface area contributed by atoms with Gasteiger partial charge in [0, 0.05) is 35.6 Å². The lowest BCUT2D eigenvalue weighted by Gasteiger charge is -2.33. The van der Waals surface area contributed by atoms with Crippen molar-refractivity contribution in [2.75, 3.05) is 39.8 Å². The predicted molar refractivity (Wildman–Crippen MR) is 136 cm³/mol. The molecule has 4 nitrogen and oxygen atoms in total. The maximum Gasteiger partial charge on any atom is 0.0514 e. The number of likely N-dealkylation sites (tertiary alicyclic amines) is 2. The van der Waals surface area contributed by atoms with Crippen LogP contribution in [-0.2, 0) is 0 Å². The van der Waals surface area contributed by atoms with Gasteiger partial charge in [-0.3, -0.25) is 4.98 Å². The summed E-state index contributed by atoms with van der Waals surface area (Å²) in [6, 6.07) is 2.71. The average molecular weight is 437 g/mol. The molecule has 0 radical (unpaired) electrons. The smallest absolute Gasteiger partial charge is 0.0514 e. The van der Waals surface area contributed by atoms with Crippen LogP contribution in [0.4, 0.5) is 0 Å². The van der Waals surface area contributed by atoms with E-state index in [1.54, 1.807) is 0 Å². The fourth-order valence-electron chi connectivity index (χ4n) is 5.96. The molecule has 1 saturated carbocycles. The number of nitrogens with one attached hydrogen (secondary N) is 1. The molecule has 2 aliphatic heterocycles. The number of allylic oxidation sites excluding steroid dienone is 1. The molecule has 0 spiro atoms. The highest BCUT2D eigenvalue weighted by molar-refractivity contribution is 5.47. The van der Waals surface area contributed by atoms with E-state index in [0.717, 1.165) is 31.1 Å². The number of aromatic nitrogens is 1. The van der Waals surface area contributed by atoms with E-state index in [4.69, 9.17) is 4.98 Å². The zero-order valence-corrected chi connectivity index (χ0v) is 20.5. The van der Waals surface area contributed by atoms with Crippen molar-refractivity contribution >= 4 is 12.2 Å². The number of hydrogen-bond donors (Lipinski definition) is 1. The van der Waals surface area contributed by atoms with Crippen molar-refractivity contribution in [3.63, 3.8) is 0 Å². The zero-order valence-electron chi connectivity index (χ0n) is 20.5. The highest BCUT2D eigenvalue weighted by Crippen LogP contribution is 2.29. The molecular weight excluding hydrogens is 392 g/mol. The van der Waals surface area contributed by atoms with Crippen molar-refractivity contribution < 1.29 is 0 Å². The Morgan fingerprint density at radius 3 is 2.50 bits per heavy atom. The van der Waals surface area contributed by atoms with E-state index in [1.807, 2.05) is 6.20 Å². The Labute approximate surface area is 195 Å². The van der Waals surface area contributed by atoms with Gasteiger partial charge in [0.2, 0.25) is 0 Å². The number of hydrogen-bond acceptors (Lipinski definition) is 4. The molecule has 4 rings (SSSR count). The first kappa shape index (κ1) is 23.5. The summed E-state index contributed by atoms with van der Waals surface area (Å²) >= 11 is 0. The van der Waals surface area contributed by atoms with Gasteiger partial charge in [-0.15, -0.1) is 0 Å². The van der Waals surface area contributed by atoms with Gasteiger partial charge in [0.05, 0.1) is 5.69 Å². The molecule has 1 N–H and O–H groups in total.